The summed E-state index contributed by atoms with van der Waals surface area (Å²) in [6.07, 6.45) is -0.449. The van der Waals surface area contributed by atoms with E-state index in [9.17, 15) is 27.2 Å². The summed E-state index contributed by atoms with van der Waals surface area (Å²) in [5.41, 5.74) is -0.790. The highest BCUT2D eigenvalue weighted by Gasteiger charge is 2.26. The van der Waals surface area contributed by atoms with Crippen LogP contribution < -0.4 is 16.6 Å². The number of carbonyl (C=O) groups excluding carboxylic acids is 1. The lowest BCUT2D eigenvalue weighted by atomic mass is 10.2. The topological polar surface area (TPSA) is 125 Å². The number of amides is 1. The molecule has 30 heavy (non-hydrogen) atoms. The molecule has 0 spiro atoms. The van der Waals surface area contributed by atoms with Crippen LogP contribution in [0.1, 0.15) is 12.0 Å². The highest BCUT2D eigenvalue weighted by Crippen LogP contribution is 2.18. The third kappa shape index (κ3) is 3.65. The fourth-order valence-electron chi connectivity index (χ4n) is 3.10. The number of imidazole rings is 1. The van der Waals surface area contributed by atoms with E-state index in [-0.39, 0.29) is 16.9 Å². The molecule has 0 aliphatic heterocycles. The van der Waals surface area contributed by atoms with E-state index in [1.54, 1.807) is 13.0 Å². The van der Waals surface area contributed by atoms with Crippen LogP contribution in [0.5, 0.6) is 0 Å². The SMILES string of the molecule is Cc1ccc(F)c(NC(=O)CCS(=O)(=O)c2nc3c(=O)n(C)c(=O)n(C)c3n2C)c1. The molecule has 2 aromatic heterocycles. The number of nitrogens with zero attached hydrogens (tertiary/aromatic N) is 4. The molecule has 0 aliphatic carbocycles. The number of nitrogens with one attached hydrogen (secondary N) is 1. The predicted molar refractivity (Wildman–Crippen MR) is 108 cm³/mol. The number of aryl methyl sites for hydroxylation is 3. The summed E-state index contributed by atoms with van der Waals surface area (Å²) in [6, 6.07) is 4.17. The van der Waals surface area contributed by atoms with Crippen LogP contribution in [0.3, 0.4) is 0 Å². The number of rotatable bonds is 5. The number of hydrogen-bond acceptors (Lipinski definition) is 6. The van der Waals surface area contributed by atoms with Crippen LogP contribution >= 0.6 is 0 Å². The Hall–Kier alpha value is -3.28. The maximum Gasteiger partial charge on any atom is 0.332 e. The Labute approximate surface area is 170 Å². The molecule has 0 radical (unpaired) electrons. The van der Waals surface area contributed by atoms with E-state index >= 15 is 0 Å². The Morgan fingerprint density at radius 1 is 1.13 bits per heavy atom. The number of hydrogen-bond donors (Lipinski definition) is 1. The van der Waals surface area contributed by atoms with Crippen LogP contribution in [0.4, 0.5) is 10.1 Å². The molecule has 0 aliphatic rings. The van der Waals surface area contributed by atoms with Crippen molar-refractivity contribution in [2.75, 3.05) is 11.1 Å². The smallest absolute Gasteiger partial charge is 0.324 e. The molecule has 1 amide bonds. The molecule has 0 saturated carbocycles. The van der Waals surface area contributed by atoms with Gasteiger partial charge in [-0.05, 0) is 24.6 Å². The van der Waals surface area contributed by atoms with Gasteiger partial charge in [0.15, 0.2) is 11.2 Å². The zero-order valence-electron chi connectivity index (χ0n) is 16.8. The fourth-order valence-corrected chi connectivity index (χ4v) is 4.47. The number of fused-ring (bicyclic) bond motifs is 1. The van der Waals surface area contributed by atoms with Gasteiger partial charge in [-0.25, -0.2) is 22.6 Å². The van der Waals surface area contributed by atoms with E-state index < -0.39 is 50.1 Å². The molecular formula is C18H20FN5O5S. The molecule has 0 atom stereocenters. The summed E-state index contributed by atoms with van der Waals surface area (Å²) in [5, 5.41) is 1.91. The second kappa shape index (κ2) is 7.52. The number of carbonyl (C=O) groups is 1. The summed E-state index contributed by atoms with van der Waals surface area (Å²) in [7, 11) is -0.0591. The molecule has 3 rings (SSSR count). The normalized spacial score (nSPS) is 11.8. The van der Waals surface area contributed by atoms with E-state index in [2.05, 4.69) is 10.3 Å². The fraction of sp³-hybridized carbons (Fsp3) is 0.333. The first-order chi connectivity index (χ1) is 13.9. The number of benzene rings is 1. The standard InChI is InChI=1S/C18H20FN5O5S/c1-10-5-6-11(19)12(9-10)20-13(25)7-8-30(28,29)17-21-14-15(22(17)2)23(3)18(27)24(4)16(14)26/h5-6,9H,7-8H2,1-4H3,(H,20,25). The second-order valence-corrected chi connectivity index (χ2v) is 8.93. The van der Waals surface area contributed by atoms with Crippen LogP contribution in [0.15, 0.2) is 32.9 Å². The molecule has 12 heteroatoms. The van der Waals surface area contributed by atoms with Crippen LogP contribution in [0, 0.1) is 12.7 Å². The van der Waals surface area contributed by atoms with E-state index in [0.29, 0.717) is 0 Å². The van der Waals surface area contributed by atoms with Crippen molar-refractivity contribution in [1.29, 1.82) is 0 Å². The minimum atomic E-state index is -4.08. The van der Waals surface area contributed by atoms with Crippen molar-refractivity contribution < 1.29 is 17.6 Å². The van der Waals surface area contributed by atoms with Crippen LogP contribution in [-0.4, -0.2) is 38.8 Å². The van der Waals surface area contributed by atoms with Gasteiger partial charge in [0.25, 0.3) is 5.56 Å². The zero-order valence-corrected chi connectivity index (χ0v) is 17.6. The lowest BCUT2D eigenvalue weighted by Crippen LogP contribution is -2.37. The Morgan fingerprint density at radius 2 is 1.80 bits per heavy atom. The molecule has 0 bridgehead atoms. The summed E-state index contributed by atoms with van der Waals surface area (Å²) in [6.45, 7) is 1.73. The first kappa shape index (κ1) is 21.4. The van der Waals surface area contributed by atoms with Gasteiger partial charge in [0, 0.05) is 27.6 Å². The van der Waals surface area contributed by atoms with Crippen LogP contribution in [0.25, 0.3) is 11.2 Å². The Bertz CT molecular complexity index is 1400. The van der Waals surface area contributed by atoms with E-state index in [4.69, 9.17) is 0 Å². The summed E-state index contributed by atoms with van der Waals surface area (Å²) < 4.78 is 42.4. The first-order valence-electron chi connectivity index (χ1n) is 8.85. The van der Waals surface area contributed by atoms with Crippen molar-refractivity contribution in [1.82, 2.24) is 18.7 Å². The van der Waals surface area contributed by atoms with E-state index in [0.717, 1.165) is 19.3 Å². The number of anilines is 1. The van der Waals surface area contributed by atoms with Gasteiger partial charge in [-0.3, -0.25) is 18.7 Å². The Balaban J connectivity index is 1.89. The highest BCUT2D eigenvalue weighted by atomic mass is 32.2. The van der Waals surface area contributed by atoms with Gasteiger partial charge >= 0.3 is 5.69 Å². The maximum atomic E-state index is 13.8. The van der Waals surface area contributed by atoms with Crippen molar-refractivity contribution in [3.63, 3.8) is 0 Å². The van der Waals surface area contributed by atoms with Crippen molar-refractivity contribution in [3.8, 4) is 0 Å². The number of aromatic nitrogens is 4. The van der Waals surface area contributed by atoms with Crippen molar-refractivity contribution in [2.24, 2.45) is 21.1 Å². The van der Waals surface area contributed by atoms with E-state index in [1.807, 2.05) is 0 Å². The number of halogens is 1. The van der Waals surface area contributed by atoms with Gasteiger partial charge < -0.3 is 9.88 Å². The Kier molecular flexibility index (Phi) is 5.37. The van der Waals surface area contributed by atoms with Gasteiger partial charge in [0.2, 0.25) is 20.9 Å². The van der Waals surface area contributed by atoms with Gasteiger partial charge in [-0.1, -0.05) is 6.07 Å². The average Bonchev–Trinajstić information content (AvgIpc) is 3.04. The molecule has 1 N–H and O–H groups in total. The van der Waals surface area contributed by atoms with Gasteiger partial charge in [0.1, 0.15) is 5.82 Å². The lowest BCUT2D eigenvalue weighted by molar-refractivity contribution is -0.115. The maximum absolute atomic E-state index is 13.8. The summed E-state index contributed by atoms with van der Waals surface area (Å²) in [5.74, 6) is -1.94. The van der Waals surface area contributed by atoms with Gasteiger partial charge in [-0.15, -0.1) is 0 Å². The molecule has 2 heterocycles. The van der Waals surface area contributed by atoms with Crippen molar-refractivity contribution in [3.05, 3.63) is 50.4 Å². The highest BCUT2D eigenvalue weighted by molar-refractivity contribution is 7.91. The molecule has 0 saturated heterocycles. The minimum absolute atomic E-state index is 0.0429. The largest absolute Gasteiger partial charge is 0.332 e. The van der Waals surface area contributed by atoms with Gasteiger partial charge in [-0.2, -0.15) is 0 Å². The minimum Gasteiger partial charge on any atom is -0.324 e. The van der Waals surface area contributed by atoms with Crippen LogP contribution in [-0.2, 0) is 35.8 Å². The third-order valence-electron chi connectivity index (χ3n) is 4.69. The van der Waals surface area contributed by atoms with Crippen molar-refractivity contribution >= 4 is 32.6 Å². The molecule has 160 valence electrons. The monoisotopic (exact) mass is 437 g/mol. The van der Waals surface area contributed by atoms with E-state index in [1.165, 1.54) is 33.3 Å². The predicted octanol–water partition coefficient (Wildman–Crippen LogP) is 0.221. The molecular weight excluding hydrogens is 417 g/mol. The molecule has 10 nitrogen and oxygen atoms in total. The summed E-state index contributed by atoms with van der Waals surface area (Å²) >= 11 is 0. The number of sulfone groups is 1. The third-order valence-corrected chi connectivity index (χ3v) is 6.36. The average molecular weight is 437 g/mol. The van der Waals surface area contributed by atoms with Crippen molar-refractivity contribution in [2.45, 2.75) is 18.5 Å². The Morgan fingerprint density at radius 3 is 2.47 bits per heavy atom. The quantitative estimate of drug-likeness (QED) is 0.609. The molecule has 1 aromatic carbocycles. The second-order valence-electron chi connectivity index (χ2n) is 6.93. The van der Waals surface area contributed by atoms with Crippen LogP contribution in [0.2, 0.25) is 0 Å². The summed E-state index contributed by atoms with van der Waals surface area (Å²) in [4.78, 5) is 40.5. The molecule has 3 aromatic rings. The first-order valence-corrected chi connectivity index (χ1v) is 10.5. The molecule has 0 unspecified atom stereocenters. The van der Waals surface area contributed by atoms with Gasteiger partial charge in [0.05, 0.1) is 11.4 Å². The molecule has 0 fully saturated rings. The lowest BCUT2D eigenvalue weighted by Gasteiger charge is -2.08. The zero-order chi connectivity index (χ0) is 22.4.